The van der Waals surface area contributed by atoms with Gasteiger partial charge in [-0.15, -0.1) is 0 Å². The van der Waals surface area contributed by atoms with E-state index in [2.05, 4.69) is 16.0 Å². The van der Waals surface area contributed by atoms with Crippen LogP contribution < -0.4 is 25.4 Å². The highest BCUT2D eigenvalue weighted by Crippen LogP contribution is 2.36. The van der Waals surface area contributed by atoms with E-state index in [4.69, 9.17) is 13.9 Å². The summed E-state index contributed by atoms with van der Waals surface area (Å²) in [5, 5.41) is 8.06. The molecule has 1 aromatic heterocycles. The highest BCUT2D eigenvalue weighted by molar-refractivity contribution is 6.06. The number of rotatable bonds is 8. The molecule has 3 amide bonds. The van der Waals surface area contributed by atoms with Crippen LogP contribution in [-0.2, 0) is 4.79 Å². The molecule has 3 rings (SSSR count). The summed E-state index contributed by atoms with van der Waals surface area (Å²) >= 11 is 0. The zero-order valence-corrected chi connectivity index (χ0v) is 17.8. The molecule has 0 aliphatic carbocycles. The summed E-state index contributed by atoms with van der Waals surface area (Å²) in [6.45, 7) is 1.55. The molecule has 3 aromatic rings. The third-order valence-corrected chi connectivity index (χ3v) is 4.59. The van der Waals surface area contributed by atoms with Gasteiger partial charge < -0.3 is 29.8 Å². The molecule has 0 aliphatic heterocycles. The number of amides is 3. The fourth-order valence-electron chi connectivity index (χ4n) is 2.86. The third kappa shape index (κ3) is 5.25. The predicted octanol–water partition coefficient (Wildman–Crippen LogP) is 3.31. The summed E-state index contributed by atoms with van der Waals surface area (Å²) < 4.78 is 15.6. The Balaban J connectivity index is 1.75. The first-order valence-corrected chi connectivity index (χ1v) is 9.69. The van der Waals surface area contributed by atoms with Crippen molar-refractivity contribution >= 4 is 29.1 Å². The summed E-state index contributed by atoms with van der Waals surface area (Å²) in [7, 11) is 2.88. The number of methoxy groups -OCH3 is 2. The van der Waals surface area contributed by atoms with Crippen LogP contribution in [0.15, 0.2) is 65.5 Å². The van der Waals surface area contributed by atoms with Crippen LogP contribution in [0.25, 0.3) is 0 Å². The predicted molar refractivity (Wildman–Crippen MR) is 118 cm³/mol. The van der Waals surface area contributed by atoms with Gasteiger partial charge in [-0.25, -0.2) is 0 Å². The Hall–Kier alpha value is -4.27. The van der Waals surface area contributed by atoms with Crippen molar-refractivity contribution in [1.29, 1.82) is 0 Å². The average Bonchev–Trinajstić information content (AvgIpc) is 3.35. The van der Waals surface area contributed by atoms with E-state index in [1.807, 2.05) is 6.07 Å². The minimum absolute atomic E-state index is 0.302. The fraction of sp³-hybridized carbons (Fsp3) is 0.174. The molecule has 1 atom stereocenters. The molecule has 0 bridgehead atoms. The zero-order valence-electron chi connectivity index (χ0n) is 17.8. The Kier molecular flexibility index (Phi) is 7.12. The van der Waals surface area contributed by atoms with Crippen molar-refractivity contribution in [2.75, 3.05) is 24.9 Å². The van der Waals surface area contributed by atoms with Gasteiger partial charge in [0, 0.05) is 17.7 Å². The average molecular weight is 437 g/mol. The summed E-state index contributed by atoms with van der Waals surface area (Å²) in [6.07, 6.45) is 2.66. The second kappa shape index (κ2) is 10.2. The van der Waals surface area contributed by atoms with Crippen LogP contribution >= 0.6 is 0 Å². The second-order valence-corrected chi connectivity index (χ2v) is 6.77. The van der Waals surface area contributed by atoms with E-state index >= 15 is 0 Å². The number of carbonyl (C=O) groups is 3. The van der Waals surface area contributed by atoms with Crippen molar-refractivity contribution in [2.24, 2.45) is 0 Å². The van der Waals surface area contributed by atoms with Gasteiger partial charge in [-0.1, -0.05) is 18.2 Å². The molecule has 3 N–H and O–H groups in total. The van der Waals surface area contributed by atoms with Gasteiger partial charge in [-0.05, 0) is 25.1 Å². The molecule has 0 aliphatic rings. The first-order chi connectivity index (χ1) is 15.4. The smallest absolute Gasteiger partial charge is 0.255 e. The highest BCUT2D eigenvalue weighted by Gasteiger charge is 2.21. The Bertz CT molecular complexity index is 1100. The maximum absolute atomic E-state index is 12.6. The number of anilines is 2. The molecule has 1 heterocycles. The lowest BCUT2D eigenvalue weighted by molar-refractivity contribution is -0.117. The first kappa shape index (κ1) is 22.4. The molecule has 166 valence electrons. The molecule has 0 radical (unpaired) electrons. The molecule has 0 unspecified atom stereocenters. The van der Waals surface area contributed by atoms with Gasteiger partial charge in [0.1, 0.15) is 23.8 Å². The molecular weight excluding hydrogens is 414 g/mol. The first-order valence-electron chi connectivity index (χ1n) is 9.69. The summed E-state index contributed by atoms with van der Waals surface area (Å²) in [6, 6.07) is 12.4. The quantitative estimate of drug-likeness (QED) is 0.498. The maximum Gasteiger partial charge on any atom is 0.255 e. The zero-order chi connectivity index (χ0) is 23.1. The SMILES string of the molecule is COc1cc(NC(=O)[C@@H](C)NC(=O)c2ccoc2)c(OC)cc1NC(=O)c1ccccc1. The van der Waals surface area contributed by atoms with Crippen molar-refractivity contribution in [1.82, 2.24) is 5.32 Å². The Labute approximate surface area is 184 Å². The number of benzene rings is 2. The molecule has 0 saturated carbocycles. The van der Waals surface area contributed by atoms with Gasteiger partial charge in [-0.2, -0.15) is 0 Å². The number of hydrogen-bond acceptors (Lipinski definition) is 6. The molecule has 0 saturated heterocycles. The van der Waals surface area contributed by atoms with Crippen LogP contribution in [0.5, 0.6) is 11.5 Å². The maximum atomic E-state index is 12.6. The van der Waals surface area contributed by atoms with Crippen LogP contribution in [0.1, 0.15) is 27.6 Å². The van der Waals surface area contributed by atoms with Crippen molar-refractivity contribution in [3.05, 3.63) is 72.2 Å². The molecule has 0 fully saturated rings. The van der Waals surface area contributed by atoms with Crippen LogP contribution in [0.4, 0.5) is 11.4 Å². The van der Waals surface area contributed by atoms with Crippen LogP contribution in [-0.4, -0.2) is 38.0 Å². The van der Waals surface area contributed by atoms with E-state index in [0.717, 1.165) is 0 Å². The van der Waals surface area contributed by atoms with E-state index in [1.165, 1.54) is 38.9 Å². The van der Waals surface area contributed by atoms with Gasteiger partial charge in [0.05, 0.1) is 37.4 Å². The highest BCUT2D eigenvalue weighted by atomic mass is 16.5. The lowest BCUT2D eigenvalue weighted by Gasteiger charge is -2.18. The number of carbonyl (C=O) groups excluding carboxylic acids is 3. The fourth-order valence-corrected chi connectivity index (χ4v) is 2.86. The molecule has 0 spiro atoms. The van der Waals surface area contributed by atoms with Gasteiger partial charge in [-0.3, -0.25) is 14.4 Å². The van der Waals surface area contributed by atoms with Crippen molar-refractivity contribution in [2.45, 2.75) is 13.0 Å². The van der Waals surface area contributed by atoms with Crippen molar-refractivity contribution in [3.8, 4) is 11.5 Å². The van der Waals surface area contributed by atoms with E-state index in [1.54, 1.807) is 37.3 Å². The number of ether oxygens (including phenoxy) is 2. The normalized spacial score (nSPS) is 11.2. The van der Waals surface area contributed by atoms with E-state index in [-0.39, 0.29) is 5.91 Å². The van der Waals surface area contributed by atoms with Crippen LogP contribution in [0.2, 0.25) is 0 Å². The summed E-state index contributed by atoms with van der Waals surface area (Å²) in [5.41, 5.74) is 1.48. The Morgan fingerprint density at radius 1 is 0.844 bits per heavy atom. The molecule has 2 aromatic carbocycles. The van der Waals surface area contributed by atoms with Gasteiger partial charge in [0.2, 0.25) is 5.91 Å². The van der Waals surface area contributed by atoms with Crippen molar-refractivity contribution in [3.63, 3.8) is 0 Å². The Morgan fingerprint density at radius 3 is 2.03 bits per heavy atom. The van der Waals surface area contributed by atoms with Gasteiger partial charge >= 0.3 is 0 Å². The lowest BCUT2D eigenvalue weighted by atomic mass is 10.2. The standard InChI is InChI=1S/C23H23N3O6/c1-14(24-23(29)16-9-10-32-13-16)21(27)25-17-11-20(31-3)18(12-19(17)30-2)26-22(28)15-7-5-4-6-8-15/h4-14H,1-3H3,(H,24,29)(H,25,27)(H,26,28)/t14-/m1/s1. The summed E-state index contributed by atoms with van der Waals surface area (Å²) in [4.78, 5) is 37.3. The minimum Gasteiger partial charge on any atom is -0.494 e. The number of furan rings is 1. The monoisotopic (exact) mass is 437 g/mol. The number of nitrogens with one attached hydrogen (secondary N) is 3. The largest absolute Gasteiger partial charge is 0.494 e. The molecular formula is C23H23N3O6. The summed E-state index contributed by atoms with van der Waals surface area (Å²) in [5.74, 6) is -0.608. The Morgan fingerprint density at radius 2 is 1.47 bits per heavy atom. The lowest BCUT2D eigenvalue weighted by Crippen LogP contribution is -2.41. The second-order valence-electron chi connectivity index (χ2n) is 6.77. The van der Waals surface area contributed by atoms with Crippen LogP contribution in [0, 0.1) is 0 Å². The molecule has 32 heavy (non-hydrogen) atoms. The number of hydrogen-bond donors (Lipinski definition) is 3. The van der Waals surface area contributed by atoms with Crippen molar-refractivity contribution < 1.29 is 28.3 Å². The molecule has 9 heteroatoms. The minimum atomic E-state index is -0.842. The topological polar surface area (TPSA) is 119 Å². The van der Waals surface area contributed by atoms with E-state index in [9.17, 15) is 14.4 Å². The van der Waals surface area contributed by atoms with Crippen LogP contribution in [0.3, 0.4) is 0 Å². The van der Waals surface area contributed by atoms with E-state index < -0.39 is 17.9 Å². The van der Waals surface area contributed by atoms with Gasteiger partial charge in [0.25, 0.3) is 11.8 Å². The van der Waals surface area contributed by atoms with Gasteiger partial charge in [0.15, 0.2) is 0 Å². The molecule has 9 nitrogen and oxygen atoms in total. The van der Waals surface area contributed by atoms with E-state index in [0.29, 0.717) is 34.0 Å². The third-order valence-electron chi connectivity index (χ3n) is 4.59.